The first kappa shape index (κ1) is 18.7. The average Bonchev–Trinajstić information content (AvgIpc) is 2.61. The molecule has 1 fully saturated rings. The summed E-state index contributed by atoms with van der Waals surface area (Å²) in [6, 6.07) is 8.06. The molecule has 1 aliphatic carbocycles. The van der Waals surface area contributed by atoms with Gasteiger partial charge in [0.2, 0.25) is 0 Å². The summed E-state index contributed by atoms with van der Waals surface area (Å²) in [5.74, 6) is 0. The van der Waals surface area contributed by atoms with Crippen molar-refractivity contribution in [2.24, 2.45) is 0 Å². The van der Waals surface area contributed by atoms with Crippen LogP contribution in [0.1, 0.15) is 50.7 Å². The van der Waals surface area contributed by atoms with E-state index >= 15 is 0 Å². The third kappa shape index (κ3) is 5.80. The summed E-state index contributed by atoms with van der Waals surface area (Å²) in [6.07, 6.45) is 3.33. The zero-order valence-electron chi connectivity index (χ0n) is 14.9. The van der Waals surface area contributed by atoms with Gasteiger partial charge >= 0.3 is 6.03 Å². The van der Waals surface area contributed by atoms with Crippen LogP contribution in [0.15, 0.2) is 24.3 Å². The average molecular weight is 333 g/mol. The number of urea groups is 1. The second kappa shape index (κ2) is 9.64. The zero-order chi connectivity index (χ0) is 17.4. The van der Waals surface area contributed by atoms with E-state index < -0.39 is 6.10 Å². The number of carbonyl (C=O) groups is 1. The first-order valence-electron chi connectivity index (χ1n) is 9.15. The SMILES string of the molecule is CCN(CC)Cc1ccc(CNC(=O)NC2CCCCC2O)cc1. The Morgan fingerprint density at radius 1 is 1.12 bits per heavy atom. The summed E-state index contributed by atoms with van der Waals surface area (Å²) >= 11 is 0. The van der Waals surface area contributed by atoms with Gasteiger partial charge in [0.25, 0.3) is 0 Å². The van der Waals surface area contributed by atoms with Crippen molar-refractivity contribution in [2.75, 3.05) is 13.1 Å². The van der Waals surface area contributed by atoms with E-state index in [4.69, 9.17) is 0 Å². The van der Waals surface area contributed by atoms with Crippen LogP contribution in [0.4, 0.5) is 4.79 Å². The maximum absolute atomic E-state index is 12.0. The molecule has 2 amide bonds. The van der Waals surface area contributed by atoms with E-state index in [0.29, 0.717) is 6.54 Å². The fourth-order valence-corrected chi connectivity index (χ4v) is 3.15. The van der Waals surface area contributed by atoms with Crippen LogP contribution in [0, 0.1) is 0 Å². The van der Waals surface area contributed by atoms with Gasteiger partial charge in [0.15, 0.2) is 0 Å². The van der Waals surface area contributed by atoms with E-state index in [9.17, 15) is 9.90 Å². The Kier molecular flexibility index (Phi) is 7.53. The van der Waals surface area contributed by atoms with E-state index in [1.54, 1.807) is 0 Å². The van der Waals surface area contributed by atoms with Gasteiger partial charge in [-0.2, -0.15) is 0 Å². The van der Waals surface area contributed by atoms with Crippen molar-refractivity contribution in [2.45, 2.75) is 64.8 Å². The molecular weight excluding hydrogens is 302 g/mol. The molecule has 3 N–H and O–H groups in total. The maximum atomic E-state index is 12.0. The lowest BCUT2D eigenvalue weighted by Crippen LogP contribution is -2.48. The highest BCUT2D eigenvalue weighted by Crippen LogP contribution is 2.18. The lowest BCUT2D eigenvalue weighted by molar-refractivity contribution is 0.0943. The van der Waals surface area contributed by atoms with Crippen LogP contribution < -0.4 is 10.6 Å². The number of hydrogen-bond acceptors (Lipinski definition) is 3. The number of rotatable bonds is 7. The third-order valence-corrected chi connectivity index (χ3v) is 4.82. The van der Waals surface area contributed by atoms with Crippen LogP contribution in [0.5, 0.6) is 0 Å². The molecule has 0 bridgehead atoms. The number of benzene rings is 1. The van der Waals surface area contributed by atoms with Gasteiger partial charge < -0.3 is 15.7 Å². The van der Waals surface area contributed by atoms with Gasteiger partial charge in [0, 0.05) is 13.1 Å². The van der Waals surface area contributed by atoms with Gasteiger partial charge in [0.1, 0.15) is 0 Å². The molecule has 2 unspecified atom stereocenters. The van der Waals surface area contributed by atoms with E-state index in [-0.39, 0.29) is 12.1 Å². The first-order chi connectivity index (χ1) is 11.6. The molecule has 5 nitrogen and oxygen atoms in total. The molecule has 24 heavy (non-hydrogen) atoms. The largest absolute Gasteiger partial charge is 0.391 e. The highest BCUT2D eigenvalue weighted by molar-refractivity contribution is 5.74. The van der Waals surface area contributed by atoms with Crippen LogP contribution in [0.2, 0.25) is 0 Å². The zero-order valence-corrected chi connectivity index (χ0v) is 14.9. The van der Waals surface area contributed by atoms with Gasteiger partial charge in [0.05, 0.1) is 12.1 Å². The maximum Gasteiger partial charge on any atom is 0.315 e. The summed E-state index contributed by atoms with van der Waals surface area (Å²) < 4.78 is 0. The molecule has 0 saturated heterocycles. The van der Waals surface area contributed by atoms with Crippen molar-refractivity contribution in [3.05, 3.63) is 35.4 Å². The summed E-state index contributed by atoms with van der Waals surface area (Å²) in [4.78, 5) is 14.4. The Hall–Kier alpha value is -1.59. The van der Waals surface area contributed by atoms with Gasteiger partial charge in [-0.1, -0.05) is 51.0 Å². The third-order valence-electron chi connectivity index (χ3n) is 4.82. The Labute approximate surface area is 145 Å². The highest BCUT2D eigenvalue weighted by Gasteiger charge is 2.24. The Bertz CT molecular complexity index is 500. The lowest BCUT2D eigenvalue weighted by Gasteiger charge is -2.28. The van der Waals surface area contributed by atoms with Crippen LogP contribution in [-0.2, 0) is 13.1 Å². The Morgan fingerprint density at radius 2 is 1.75 bits per heavy atom. The number of nitrogens with one attached hydrogen (secondary N) is 2. The molecule has 5 heteroatoms. The summed E-state index contributed by atoms with van der Waals surface area (Å²) in [6.45, 7) is 7.90. The van der Waals surface area contributed by atoms with Crippen LogP contribution in [-0.4, -0.2) is 41.3 Å². The molecule has 1 aliphatic rings. The van der Waals surface area contributed by atoms with Gasteiger partial charge in [-0.25, -0.2) is 4.79 Å². The Balaban J connectivity index is 1.76. The smallest absolute Gasteiger partial charge is 0.315 e. The van der Waals surface area contributed by atoms with Gasteiger partial charge in [-0.05, 0) is 37.1 Å². The molecule has 0 heterocycles. The predicted octanol–water partition coefficient (Wildman–Crippen LogP) is 2.63. The lowest BCUT2D eigenvalue weighted by atomic mass is 9.93. The number of hydrogen-bond donors (Lipinski definition) is 3. The molecular formula is C19H31N3O2. The predicted molar refractivity (Wildman–Crippen MR) is 96.7 cm³/mol. The fourth-order valence-electron chi connectivity index (χ4n) is 3.15. The molecule has 0 spiro atoms. The topological polar surface area (TPSA) is 64.6 Å². The molecule has 2 atom stereocenters. The van der Waals surface area contributed by atoms with Crippen LogP contribution in [0.3, 0.4) is 0 Å². The molecule has 134 valence electrons. The number of aliphatic hydroxyl groups excluding tert-OH is 1. The van der Waals surface area contributed by atoms with Crippen molar-refractivity contribution >= 4 is 6.03 Å². The van der Waals surface area contributed by atoms with Crippen molar-refractivity contribution < 1.29 is 9.90 Å². The second-order valence-corrected chi connectivity index (χ2v) is 6.56. The van der Waals surface area contributed by atoms with Crippen molar-refractivity contribution in [1.29, 1.82) is 0 Å². The number of aliphatic hydroxyl groups is 1. The second-order valence-electron chi connectivity index (χ2n) is 6.56. The molecule has 0 aromatic heterocycles. The van der Waals surface area contributed by atoms with Gasteiger partial charge in [-0.15, -0.1) is 0 Å². The number of carbonyl (C=O) groups excluding carboxylic acids is 1. The summed E-state index contributed by atoms with van der Waals surface area (Å²) in [5.41, 5.74) is 2.37. The summed E-state index contributed by atoms with van der Waals surface area (Å²) in [7, 11) is 0. The monoisotopic (exact) mass is 333 g/mol. The molecule has 0 radical (unpaired) electrons. The number of nitrogens with zero attached hydrogens (tertiary/aromatic N) is 1. The first-order valence-corrected chi connectivity index (χ1v) is 9.15. The summed E-state index contributed by atoms with van der Waals surface area (Å²) in [5, 5.41) is 15.7. The van der Waals surface area contributed by atoms with E-state index in [0.717, 1.165) is 50.9 Å². The molecule has 2 rings (SSSR count). The van der Waals surface area contributed by atoms with E-state index in [2.05, 4.69) is 53.6 Å². The van der Waals surface area contributed by atoms with Crippen LogP contribution in [0.25, 0.3) is 0 Å². The minimum atomic E-state index is -0.413. The molecule has 1 aromatic rings. The van der Waals surface area contributed by atoms with Crippen LogP contribution >= 0.6 is 0 Å². The molecule has 1 saturated carbocycles. The fraction of sp³-hybridized carbons (Fsp3) is 0.632. The van der Waals surface area contributed by atoms with Gasteiger partial charge in [-0.3, -0.25) is 4.90 Å². The molecule has 0 aliphatic heterocycles. The highest BCUT2D eigenvalue weighted by atomic mass is 16.3. The van der Waals surface area contributed by atoms with Crippen molar-refractivity contribution in [3.63, 3.8) is 0 Å². The number of amides is 2. The minimum absolute atomic E-state index is 0.116. The van der Waals surface area contributed by atoms with Crippen molar-refractivity contribution in [3.8, 4) is 0 Å². The Morgan fingerprint density at radius 3 is 2.38 bits per heavy atom. The van der Waals surface area contributed by atoms with E-state index in [1.165, 1.54) is 5.56 Å². The normalized spacial score (nSPS) is 20.8. The quantitative estimate of drug-likeness (QED) is 0.719. The standard InChI is InChI=1S/C19H31N3O2/c1-3-22(4-2)14-16-11-9-15(10-12-16)13-20-19(24)21-17-7-5-6-8-18(17)23/h9-12,17-18,23H,3-8,13-14H2,1-2H3,(H2,20,21,24). The van der Waals surface area contributed by atoms with E-state index in [1.807, 2.05) is 0 Å². The minimum Gasteiger partial charge on any atom is -0.391 e. The molecule has 1 aromatic carbocycles. The van der Waals surface area contributed by atoms with Crippen molar-refractivity contribution in [1.82, 2.24) is 15.5 Å².